The van der Waals surface area contributed by atoms with E-state index in [2.05, 4.69) is 59.9 Å². The second-order valence-corrected chi connectivity index (χ2v) is 11.5. The highest BCUT2D eigenvalue weighted by molar-refractivity contribution is 7.19. The monoisotopic (exact) mass is 461 g/mol. The van der Waals surface area contributed by atoms with Gasteiger partial charge in [-0.2, -0.15) is 5.10 Å². The van der Waals surface area contributed by atoms with Crippen molar-refractivity contribution in [3.05, 3.63) is 40.2 Å². The summed E-state index contributed by atoms with van der Waals surface area (Å²) in [6.45, 7) is 13.4. The molecule has 0 aromatic carbocycles. The number of piperidine rings is 2. The molecule has 2 atom stereocenters. The number of aromatic nitrogens is 4. The predicted molar refractivity (Wildman–Crippen MR) is 133 cm³/mol. The number of carbonyl (C=O) groups is 1. The average Bonchev–Trinajstić information content (AvgIpc) is 3.43. The van der Waals surface area contributed by atoms with Crippen molar-refractivity contribution >= 4 is 33.0 Å². The van der Waals surface area contributed by atoms with E-state index in [4.69, 9.17) is 0 Å². The van der Waals surface area contributed by atoms with Gasteiger partial charge in [0.15, 0.2) is 5.65 Å². The van der Waals surface area contributed by atoms with E-state index in [1.807, 2.05) is 15.9 Å². The van der Waals surface area contributed by atoms with Crippen molar-refractivity contribution in [1.29, 1.82) is 0 Å². The summed E-state index contributed by atoms with van der Waals surface area (Å²) >= 11 is 1.96. The molecule has 3 aliphatic rings. The van der Waals surface area contributed by atoms with E-state index in [9.17, 15) is 4.79 Å². The number of Topliss-reactive ketones (excluding diaryl/α,β-unsaturated/α-hetero) is 1. The number of nitrogens with zero attached hydrogens (tertiary/aromatic N) is 4. The van der Waals surface area contributed by atoms with Gasteiger partial charge < -0.3 is 4.98 Å². The summed E-state index contributed by atoms with van der Waals surface area (Å²) in [5.74, 6) is 2.71. The Morgan fingerprint density at radius 1 is 1.27 bits per heavy atom. The predicted octanol–water partition coefficient (Wildman–Crippen LogP) is 5.30. The first-order chi connectivity index (χ1) is 15.8. The number of hydrogen-bond acceptors (Lipinski definition) is 5. The summed E-state index contributed by atoms with van der Waals surface area (Å²) in [4.78, 5) is 25.0. The van der Waals surface area contributed by atoms with Crippen molar-refractivity contribution in [3.63, 3.8) is 0 Å². The molecule has 7 rings (SSSR count). The van der Waals surface area contributed by atoms with E-state index < -0.39 is 0 Å². The Hall–Kier alpha value is -2.51. The number of hydrogen-bond donors (Lipinski definition) is 1. The zero-order valence-corrected chi connectivity index (χ0v) is 20.8. The number of aryl methyl sites for hydroxylation is 2. The van der Waals surface area contributed by atoms with Crippen LogP contribution in [0.4, 0.5) is 0 Å². The van der Waals surface area contributed by atoms with Crippen molar-refractivity contribution in [2.75, 3.05) is 19.6 Å². The third-order valence-corrected chi connectivity index (χ3v) is 9.05. The molecule has 6 heterocycles. The molecule has 4 aromatic rings. The van der Waals surface area contributed by atoms with E-state index in [0.29, 0.717) is 30.2 Å². The van der Waals surface area contributed by atoms with Crippen LogP contribution >= 0.6 is 11.3 Å². The van der Waals surface area contributed by atoms with Crippen LogP contribution in [0.1, 0.15) is 60.6 Å². The zero-order chi connectivity index (χ0) is 23.0. The lowest BCUT2D eigenvalue weighted by molar-refractivity contribution is -0.120. The molecule has 2 unspecified atom stereocenters. The third kappa shape index (κ3) is 3.20. The highest BCUT2D eigenvalue weighted by Crippen LogP contribution is 2.56. The van der Waals surface area contributed by atoms with Gasteiger partial charge in [0, 0.05) is 41.0 Å². The number of ketones is 1. The Labute approximate surface area is 198 Å². The fourth-order valence-corrected chi connectivity index (χ4v) is 7.97. The lowest BCUT2D eigenvalue weighted by atomic mass is 9.60. The molecule has 0 radical (unpaired) electrons. The van der Waals surface area contributed by atoms with E-state index in [1.165, 1.54) is 39.0 Å². The standard InChI is InChI=1S/C26H31N5OS/c1-13(2)20-21-16(5)24(22-17-7-18(22)10-30(9-17)8-15(4)32)33-26(21)29-23(20)19-6-14(3)25-27-12-28-31(25)11-19/h6,11-13,17-18,22,29H,7-10H2,1-5H3. The molecule has 1 N–H and O–H groups in total. The van der Waals surface area contributed by atoms with Gasteiger partial charge in [0.05, 0.1) is 12.2 Å². The van der Waals surface area contributed by atoms with Crippen LogP contribution in [0.5, 0.6) is 0 Å². The number of fused-ring (bicyclic) bond motifs is 4. The van der Waals surface area contributed by atoms with Crippen LogP contribution < -0.4 is 0 Å². The number of pyridine rings is 1. The molecule has 2 aliphatic heterocycles. The first-order valence-corrected chi connectivity index (χ1v) is 12.8. The summed E-state index contributed by atoms with van der Waals surface area (Å²) < 4.78 is 1.88. The molecule has 7 heteroatoms. The Bertz CT molecular complexity index is 1380. The Morgan fingerprint density at radius 2 is 2.03 bits per heavy atom. The highest BCUT2D eigenvalue weighted by Gasteiger charge is 2.48. The fraction of sp³-hybridized carbons (Fsp3) is 0.500. The fourth-order valence-electron chi connectivity index (χ4n) is 6.46. The molecule has 1 saturated carbocycles. The molecule has 33 heavy (non-hydrogen) atoms. The maximum atomic E-state index is 11.6. The Morgan fingerprint density at radius 3 is 2.73 bits per heavy atom. The SMILES string of the molecule is CC(=O)CN1CC2CC(C1)C2c1sc2[nH]c(-c3cc(C)c4ncnn4c3)c(C(C)C)c2c1C. The minimum absolute atomic E-state index is 0.280. The van der Waals surface area contributed by atoms with Crippen molar-refractivity contribution in [2.45, 2.75) is 52.9 Å². The van der Waals surface area contributed by atoms with E-state index in [-0.39, 0.29) is 5.78 Å². The van der Waals surface area contributed by atoms with Crippen LogP contribution in [-0.4, -0.2) is 49.9 Å². The molecular formula is C26H31N5OS. The van der Waals surface area contributed by atoms with E-state index in [1.54, 1.807) is 18.1 Å². The summed E-state index contributed by atoms with van der Waals surface area (Å²) in [5, 5.41) is 5.80. The maximum absolute atomic E-state index is 11.6. The normalized spacial score (nSPS) is 23.0. The third-order valence-electron chi connectivity index (χ3n) is 7.74. The topological polar surface area (TPSA) is 66.3 Å². The smallest absolute Gasteiger partial charge is 0.158 e. The molecule has 2 saturated heterocycles. The molecule has 1 aliphatic carbocycles. The van der Waals surface area contributed by atoms with Crippen LogP contribution in [0.3, 0.4) is 0 Å². The Kier molecular flexibility index (Phi) is 4.79. The number of H-pyrrole nitrogens is 1. The largest absolute Gasteiger partial charge is 0.346 e. The molecule has 172 valence electrons. The minimum Gasteiger partial charge on any atom is -0.346 e. The molecule has 3 fully saturated rings. The van der Waals surface area contributed by atoms with E-state index in [0.717, 1.165) is 24.3 Å². The first kappa shape index (κ1) is 21.1. The van der Waals surface area contributed by atoms with Crippen LogP contribution in [0, 0.1) is 25.7 Å². The molecule has 0 amide bonds. The summed E-state index contributed by atoms with van der Waals surface area (Å²) in [6, 6.07) is 2.22. The van der Waals surface area contributed by atoms with E-state index >= 15 is 0 Å². The highest BCUT2D eigenvalue weighted by atomic mass is 32.1. The van der Waals surface area contributed by atoms with Gasteiger partial charge >= 0.3 is 0 Å². The molecule has 2 bridgehead atoms. The van der Waals surface area contributed by atoms with Gasteiger partial charge in [-0.15, -0.1) is 11.3 Å². The number of carbonyl (C=O) groups excluding carboxylic acids is 1. The van der Waals surface area contributed by atoms with Gasteiger partial charge in [-0.25, -0.2) is 9.50 Å². The second kappa shape index (κ2) is 7.50. The summed E-state index contributed by atoms with van der Waals surface area (Å²) in [5.41, 5.74) is 7.28. The molecule has 6 nitrogen and oxygen atoms in total. The van der Waals surface area contributed by atoms with Gasteiger partial charge in [-0.3, -0.25) is 9.69 Å². The van der Waals surface area contributed by atoms with Crippen molar-refractivity contribution in [1.82, 2.24) is 24.5 Å². The van der Waals surface area contributed by atoms with Crippen molar-refractivity contribution < 1.29 is 4.79 Å². The number of aromatic amines is 1. The average molecular weight is 462 g/mol. The maximum Gasteiger partial charge on any atom is 0.158 e. The second-order valence-electron chi connectivity index (χ2n) is 10.5. The van der Waals surface area contributed by atoms with Crippen LogP contribution in [0.2, 0.25) is 0 Å². The van der Waals surface area contributed by atoms with Gasteiger partial charge in [-0.1, -0.05) is 13.8 Å². The van der Waals surface area contributed by atoms with Crippen LogP contribution in [-0.2, 0) is 4.79 Å². The number of thiophene rings is 1. The van der Waals surface area contributed by atoms with Gasteiger partial charge in [-0.05, 0) is 67.7 Å². The van der Waals surface area contributed by atoms with Crippen molar-refractivity contribution in [3.8, 4) is 11.3 Å². The van der Waals surface area contributed by atoms with Crippen LogP contribution in [0.25, 0.3) is 27.1 Å². The quantitative estimate of drug-likeness (QED) is 0.438. The minimum atomic E-state index is 0.280. The van der Waals surface area contributed by atoms with Gasteiger partial charge in [0.25, 0.3) is 0 Å². The number of nitrogens with one attached hydrogen (secondary N) is 1. The molecular weight excluding hydrogens is 430 g/mol. The summed E-state index contributed by atoms with van der Waals surface area (Å²) in [6.07, 6.45) is 5.02. The lowest BCUT2D eigenvalue weighted by Crippen LogP contribution is -2.54. The van der Waals surface area contributed by atoms with Crippen molar-refractivity contribution in [2.24, 2.45) is 11.8 Å². The number of rotatable bonds is 5. The summed E-state index contributed by atoms with van der Waals surface area (Å²) in [7, 11) is 0. The van der Waals surface area contributed by atoms with Crippen LogP contribution in [0.15, 0.2) is 18.6 Å². The first-order valence-electron chi connectivity index (χ1n) is 12.0. The van der Waals surface area contributed by atoms with Gasteiger partial charge in [0.2, 0.25) is 0 Å². The molecule has 4 aromatic heterocycles. The molecule has 0 spiro atoms. The zero-order valence-electron chi connectivity index (χ0n) is 20.0. The Balaban J connectivity index is 1.41. The van der Waals surface area contributed by atoms with Gasteiger partial charge in [0.1, 0.15) is 16.9 Å². The lowest BCUT2D eigenvalue weighted by Gasteiger charge is -2.53.